The Labute approximate surface area is 160 Å². The van der Waals surface area contributed by atoms with Crippen LogP contribution in [-0.2, 0) is 17.1 Å². The number of carbonyl (C=O) groups is 1. The maximum atomic E-state index is 12.1. The van der Waals surface area contributed by atoms with Gasteiger partial charge in [-0.3, -0.25) is 0 Å². The van der Waals surface area contributed by atoms with E-state index < -0.39 is 17.5 Å². The number of hydrogen-bond acceptors (Lipinski definition) is 4. The molecule has 0 saturated carbocycles. The molecule has 6 heteroatoms. The third-order valence-corrected chi connectivity index (χ3v) is 4.98. The molecule has 0 radical (unpaired) electrons. The summed E-state index contributed by atoms with van der Waals surface area (Å²) in [7, 11) is 0. The van der Waals surface area contributed by atoms with Crippen molar-refractivity contribution in [1.29, 1.82) is 0 Å². The molecule has 0 bridgehead atoms. The van der Waals surface area contributed by atoms with Crippen molar-refractivity contribution < 1.29 is 19.3 Å². The van der Waals surface area contributed by atoms with E-state index >= 15 is 0 Å². The Balaban J connectivity index is 3.23. The van der Waals surface area contributed by atoms with E-state index in [0.29, 0.717) is 24.0 Å². The van der Waals surface area contributed by atoms with Crippen molar-refractivity contribution in [3.05, 3.63) is 21.7 Å². The number of halogens is 2. The third-order valence-electron chi connectivity index (χ3n) is 4.43. The number of carbonyl (C=O) groups excluding carboxylic acids is 1. The highest BCUT2D eigenvalue weighted by Gasteiger charge is 2.27. The zero-order chi connectivity index (χ0) is 18.8. The van der Waals surface area contributed by atoms with Crippen molar-refractivity contribution >= 4 is 29.4 Å². The number of aromatic hydroxyl groups is 2. The summed E-state index contributed by atoms with van der Waals surface area (Å²) in [5.41, 5.74) is 1.28. The van der Waals surface area contributed by atoms with E-state index in [9.17, 15) is 15.0 Å². The molecule has 142 valence electrons. The summed E-state index contributed by atoms with van der Waals surface area (Å²) in [6.07, 6.45) is 9.46. The number of unbranched alkanes of at least 4 members (excludes halogenated alkanes) is 6. The topological polar surface area (TPSA) is 66.8 Å². The summed E-state index contributed by atoms with van der Waals surface area (Å²) in [5.74, 6) is -1.91. The van der Waals surface area contributed by atoms with Crippen LogP contribution in [0.3, 0.4) is 0 Å². The molecule has 0 saturated heterocycles. The predicted molar refractivity (Wildman–Crippen MR) is 102 cm³/mol. The average Bonchev–Trinajstić information content (AvgIpc) is 2.61. The molecule has 1 aromatic carbocycles. The van der Waals surface area contributed by atoms with Crippen molar-refractivity contribution in [1.82, 2.24) is 0 Å². The Bertz CT molecular complexity index is 573. The lowest BCUT2D eigenvalue weighted by atomic mass is 9.91. The standard InChI is InChI=1S/C19H28Cl2O4/c1-3-5-7-9-11-13-14(12-10-8-6-4-2)16(20)18(23)17(22)15(13)19(24)25-21/h22-23H,3-12H2,1-2H3. The van der Waals surface area contributed by atoms with E-state index in [-0.39, 0.29) is 10.6 Å². The van der Waals surface area contributed by atoms with Gasteiger partial charge in [-0.2, -0.15) is 0 Å². The largest absolute Gasteiger partial charge is 0.504 e. The van der Waals surface area contributed by atoms with E-state index in [0.717, 1.165) is 51.4 Å². The summed E-state index contributed by atoms with van der Waals surface area (Å²) in [5, 5.41) is 20.4. The molecule has 4 nitrogen and oxygen atoms in total. The van der Waals surface area contributed by atoms with Crippen LogP contribution < -0.4 is 0 Å². The van der Waals surface area contributed by atoms with Gasteiger partial charge in [-0.1, -0.05) is 64.0 Å². The van der Waals surface area contributed by atoms with E-state index in [2.05, 4.69) is 18.1 Å². The van der Waals surface area contributed by atoms with Crippen LogP contribution in [0.2, 0.25) is 5.02 Å². The number of hydrogen-bond donors (Lipinski definition) is 2. The average molecular weight is 391 g/mol. The normalized spacial score (nSPS) is 10.9. The first-order chi connectivity index (χ1) is 12.0. The van der Waals surface area contributed by atoms with Crippen LogP contribution in [0, 0.1) is 0 Å². The van der Waals surface area contributed by atoms with Crippen LogP contribution in [-0.4, -0.2) is 16.2 Å². The lowest BCUT2D eigenvalue weighted by Crippen LogP contribution is -2.09. The van der Waals surface area contributed by atoms with Crippen LogP contribution in [0.4, 0.5) is 0 Å². The number of phenolic OH excluding ortho intramolecular Hbond substituents is 2. The molecule has 0 spiro atoms. The van der Waals surface area contributed by atoms with Crippen LogP contribution in [0.1, 0.15) is 86.7 Å². The van der Waals surface area contributed by atoms with Crippen LogP contribution >= 0.6 is 23.5 Å². The maximum Gasteiger partial charge on any atom is 0.360 e. The number of benzene rings is 1. The molecule has 0 aliphatic carbocycles. The fourth-order valence-corrected chi connectivity index (χ4v) is 3.42. The number of phenols is 2. The first kappa shape index (κ1) is 21.9. The minimum atomic E-state index is -0.869. The quantitative estimate of drug-likeness (QED) is 0.343. The molecule has 0 atom stereocenters. The monoisotopic (exact) mass is 390 g/mol. The highest BCUT2D eigenvalue weighted by Crippen LogP contribution is 2.43. The first-order valence-electron chi connectivity index (χ1n) is 9.07. The molecule has 2 N–H and O–H groups in total. The second kappa shape index (κ2) is 11.5. The fraction of sp³-hybridized carbons (Fsp3) is 0.632. The number of rotatable bonds is 11. The van der Waals surface area contributed by atoms with Gasteiger partial charge >= 0.3 is 5.97 Å². The molecule has 0 heterocycles. The van der Waals surface area contributed by atoms with Gasteiger partial charge in [0.2, 0.25) is 0 Å². The van der Waals surface area contributed by atoms with Crippen molar-refractivity contribution in [2.45, 2.75) is 78.1 Å². The van der Waals surface area contributed by atoms with Gasteiger partial charge in [0.1, 0.15) is 17.4 Å². The van der Waals surface area contributed by atoms with Gasteiger partial charge in [0.05, 0.1) is 5.02 Å². The smallest absolute Gasteiger partial charge is 0.360 e. The molecule has 0 amide bonds. The van der Waals surface area contributed by atoms with Crippen molar-refractivity contribution in [3.63, 3.8) is 0 Å². The van der Waals surface area contributed by atoms with Crippen molar-refractivity contribution in [2.75, 3.05) is 0 Å². The fourth-order valence-electron chi connectivity index (χ4n) is 3.04. The molecule has 0 aliphatic rings. The summed E-state index contributed by atoms with van der Waals surface area (Å²) >= 11 is 11.5. The summed E-state index contributed by atoms with van der Waals surface area (Å²) in [4.78, 5) is 12.1. The van der Waals surface area contributed by atoms with E-state index in [1.165, 1.54) is 0 Å². The van der Waals surface area contributed by atoms with Gasteiger partial charge in [-0.25, -0.2) is 4.79 Å². The highest BCUT2D eigenvalue weighted by molar-refractivity contribution is 6.33. The Kier molecular flexibility index (Phi) is 10.1. The van der Waals surface area contributed by atoms with Gasteiger partial charge in [-0.05, 0) is 36.8 Å². The molecule has 0 aromatic heterocycles. The highest BCUT2D eigenvalue weighted by atomic mass is 35.5. The zero-order valence-corrected chi connectivity index (χ0v) is 16.5. The van der Waals surface area contributed by atoms with Crippen LogP contribution in [0.5, 0.6) is 11.5 Å². The Morgan fingerprint density at radius 1 is 0.880 bits per heavy atom. The molecule has 1 aromatic rings. The third kappa shape index (κ3) is 5.96. The summed E-state index contributed by atoms with van der Waals surface area (Å²) in [6.45, 7) is 4.26. The van der Waals surface area contributed by atoms with Gasteiger partial charge in [0.25, 0.3) is 0 Å². The predicted octanol–water partition coefficient (Wildman–Crippen LogP) is 6.31. The molecule has 25 heavy (non-hydrogen) atoms. The first-order valence-corrected chi connectivity index (χ1v) is 9.76. The van der Waals surface area contributed by atoms with Crippen LogP contribution in [0.15, 0.2) is 0 Å². The zero-order valence-electron chi connectivity index (χ0n) is 15.0. The van der Waals surface area contributed by atoms with E-state index in [4.69, 9.17) is 23.5 Å². The second-order valence-electron chi connectivity index (χ2n) is 6.33. The Hall–Kier alpha value is -1.13. The molecular weight excluding hydrogens is 363 g/mol. The van der Waals surface area contributed by atoms with Gasteiger partial charge < -0.3 is 14.5 Å². The second-order valence-corrected chi connectivity index (χ2v) is 6.86. The minimum Gasteiger partial charge on any atom is -0.504 e. The van der Waals surface area contributed by atoms with E-state index in [1.807, 2.05) is 0 Å². The molecule has 1 rings (SSSR count). The SMILES string of the molecule is CCCCCCc1c(Cl)c(O)c(O)c(C(=O)OCl)c1CCCCCC. The Morgan fingerprint density at radius 2 is 1.40 bits per heavy atom. The lowest BCUT2D eigenvalue weighted by Gasteiger charge is -2.18. The summed E-state index contributed by atoms with van der Waals surface area (Å²) < 4.78 is 4.30. The molecular formula is C19H28Cl2O4. The van der Waals surface area contributed by atoms with E-state index in [1.54, 1.807) is 0 Å². The summed E-state index contributed by atoms with van der Waals surface area (Å²) in [6, 6.07) is 0. The van der Waals surface area contributed by atoms with Crippen molar-refractivity contribution in [3.8, 4) is 11.5 Å². The molecule has 0 aliphatic heterocycles. The molecule has 0 unspecified atom stereocenters. The lowest BCUT2D eigenvalue weighted by molar-refractivity contribution is 0.0746. The van der Waals surface area contributed by atoms with Crippen molar-refractivity contribution in [2.24, 2.45) is 0 Å². The van der Waals surface area contributed by atoms with Gasteiger partial charge in [0, 0.05) is 0 Å². The van der Waals surface area contributed by atoms with Gasteiger partial charge in [-0.15, -0.1) is 0 Å². The maximum absolute atomic E-state index is 12.1. The minimum absolute atomic E-state index is 0.0705. The molecule has 0 fully saturated rings. The van der Waals surface area contributed by atoms with Gasteiger partial charge in [0.15, 0.2) is 11.5 Å². The Morgan fingerprint density at radius 3 is 1.88 bits per heavy atom. The van der Waals surface area contributed by atoms with Crippen LogP contribution in [0.25, 0.3) is 0 Å².